The fourth-order valence-electron chi connectivity index (χ4n) is 6.12. The first-order chi connectivity index (χ1) is 9.87. The van der Waals surface area contributed by atoms with Crippen molar-refractivity contribution in [3.63, 3.8) is 0 Å². The van der Waals surface area contributed by atoms with Gasteiger partial charge in [0.1, 0.15) is 0 Å². The lowest BCUT2D eigenvalue weighted by Gasteiger charge is -2.50. The Kier molecular flexibility index (Phi) is 4.16. The van der Waals surface area contributed by atoms with Crippen LogP contribution in [0.3, 0.4) is 0 Å². The molecule has 3 rings (SSSR count). The van der Waals surface area contributed by atoms with Crippen LogP contribution in [0.1, 0.15) is 66.7 Å². The molecule has 0 spiro atoms. The molecule has 2 heteroatoms. The molecule has 122 valence electrons. The predicted molar refractivity (Wildman–Crippen MR) is 90.5 cm³/mol. The summed E-state index contributed by atoms with van der Waals surface area (Å²) in [6.07, 6.45) is 7.02. The summed E-state index contributed by atoms with van der Waals surface area (Å²) in [6.45, 7) is 16.3. The Morgan fingerprint density at radius 3 is 2.57 bits per heavy atom. The van der Waals surface area contributed by atoms with Crippen molar-refractivity contribution in [2.24, 2.45) is 22.7 Å². The summed E-state index contributed by atoms with van der Waals surface area (Å²) in [7, 11) is 0. The molecule has 2 nitrogen and oxygen atoms in total. The molecule has 3 fully saturated rings. The van der Waals surface area contributed by atoms with Crippen LogP contribution in [-0.2, 0) is 0 Å². The van der Waals surface area contributed by atoms with Gasteiger partial charge in [-0.1, -0.05) is 34.6 Å². The van der Waals surface area contributed by atoms with Crippen molar-refractivity contribution in [3.05, 3.63) is 0 Å². The molecule has 1 N–H and O–H groups in total. The number of hydrogen-bond acceptors (Lipinski definition) is 2. The van der Waals surface area contributed by atoms with Crippen LogP contribution in [0, 0.1) is 22.7 Å². The monoisotopic (exact) mass is 292 g/mol. The van der Waals surface area contributed by atoms with Crippen LogP contribution in [0.2, 0.25) is 0 Å². The molecule has 5 atom stereocenters. The molecule has 1 saturated heterocycles. The Balaban J connectivity index is 1.80. The molecule has 1 heterocycles. The van der Waals surface area contributed by atoms with Crippen LogP contribution in [0.5, 0.6) is 0 Å². The summed E-state index contributed by atoms with van der Waals surface area (Å²) in [5.74, 6) is 1.74. The van der Waals surface area contributed by atoms with Crippen molar-refractivity contribution >= 4 is 0 Å². The SMILES string of the molecule is CCC1CCN(C2C3(C)CCC(C3)C2(C)C)CC(C)CN1. The second-order valence-electron chi connectivity index (χ2n) is 9.22. The van der Waals surface area contributed by atoms with E-state index < -0.39 is 0 Å². The third kappa shape index (κ3) is 2.67. The van der Waals surface area contributed by atoms with Crippen molar-refractivity contribution in [2.75, 3.05) is 19.6 Å². The minimum atomic E-state index is 0.515. The second-order valence-corrected chi connectivity index (χ2v) is 9.22. The molecule has 3 aliphatic rings. The van der Waals surface area contributed by atoms with Gasteiger partial charge in [-0.05, 0) is 67.9 Å². The highest BCUT2D eigenvalue weighted by Gasteiger charge is 2.60. The van der Waals surface area contributed by atoms with Crippen molar-refractivity contribution in [1.82, 2.24) is 10.2 Å². The minimum absolute atomic E-state index is 0.515. The Bertz CT molecular complexity index is 373. The summed E-state index contributed by atoms with van der Waals surface area (Å²) >= 11 is 0. The normalized spacial score (nSPS) is 47.3. The van der Waals surface area contributed by atoms with E-state index in [1.54, 1.807) is 0 Å². The van der Waals surface area contributed by atoms with Gasteiger partial charge in [-0.15, -0.1) is 0 Å². The highest BCUT2D eigenvalue weighted by Crippen LogP contribution is 2.64. The minimum Gasteiger partial charge on any atom is -0.314 e. The van der Waals surface area contributed by atoms with Gasteiger partial charge in [0.25, 0.3) is 0 Å². The van der Waals surface area contributed by atoms with Gasteiger partial charge in [-0.25, -0.2) is 0 Å². The number of nitrogens with zero attached hydrogens (tertiary/aromatic N) is 1. The fourth-order valence-corrected chi connectivity index (χ4v) is 6.12. The van der Waals surface area contributed by atoms with Gasteiger partial charge in [0, 0.05) is 18.6 Å². The number of rotatable bonds is 2. The Labute approximate surface area is 132 Å². The van der Waals surface area contributed by atoms with Gasteiger partial charge in [-0.3, -0.25) is 4.90 Å². The van der Waals surface area contributed by atoms with Crippen molar-refractivity contribution in [3.8, 4) is 0 Å². The van der Waals surface area contributed by atoms with Crippen LogP contribution in [0.25, 0.3) is 0 Å². The summed E-state index contributed by atoms with van der Waals surface area (Å²) in [5.41, 5.74) is 1.10. The van der Waals surface area contributed by atoms with E-state index in [-0.39, 0.29) is 0 Å². The molecule has 2 bridgehead atoms. The number of nitrogens with one attached hydrogen (secondary N) is 1. The van der Waals surface area contributed by atoms with E-state index in [0.29, 0.717) is 10.8 Å². The van der Waals surface area contributed by atoms with E-state index in [1.807, 2.05) is 0 Å². The molecule has 0 aromatic carbocycles. The molecular formula is C19H36N2. The van der Waals surface area contributed by atoms with Crippen LogP contribution in [-0.4, -0.2) is 36.6 Å². The average Bonchev–Trinajstić information content (AvgIpc) is 2.87. The van der Waals surface area contributed by atoms with Crippen LogP contribution in [0.15, 0.2) is 0 Å². The molecule has 21 heavy (non-hydrogen) atoms. The van der Waals surface area contributed by atoms with Gasteiger partial charge >= 0.3 is 0 Å². The quantitative estimate of drug-likeness (QED) is 0.830. The Morgan fingerprint density at radius 2 is 1.95 bits per heavy atom. The molecular weight excluding hydrogens is 256 g/mol. The maximum Gasteiger partial charge on any atom is 0.0203 e. The number of hydrogen-bond donors (Lipinski definition) is 1. The van der Waals surface area contributed by atoms with Gasteiger partial charge in [0.2, 0.25) is 0 Å². The standard InChI is InChI=1S/C19H36N2/c1-6-16-8-10-21(13-14(2)12-20-16)17-18(3,4)15-7-9-19(17,5)11-15/h14-17,20H,6-13H2,1-5H3. The molecule has 0 amide bonds. The molecule has 2 saturated carbocycles. The van der Waals surface area contributed by atoms with Gasteiger partial charge < -0.3 is 5.32 Å². The zero-order valence-electron chi connectivity index (χ0n) is 14.9. The maximum absolute atomic E-state index is 3.77. The van der Waals surface area contributed by atoms with Crippen LogP contribution >= 0.6 is 0 Å². The summed E-state index contributed by atoms with van der Waals surface area (Å²) < 4.78 is 0. The maximum atomic E-state index is 3.77. The topological polar surface area (TPSA) is 15.3 Å². The second kappa shape index (κ2) is 5.53. The van der Waals surface area contributed by atoms with E-state index in [1.165, 1.54) is 51.7 Å². The Hall–Kier alpha value is -0.0800. The molecule has 1 aliphatic heterocycles. The lowest BCUT2D eigenvalue weighted by Crippen LogP contribution is -2.56. The molecule has 2 aliphatic carbocycles. The van der Waals surface area contributed by atoms with Crippen molar-refractivity contribution in [1.29, 1.82) is 0 Å². The fraction of sp³-hybridized carbons (Fsp3) is 1.00. The first-order valence-corrected chi connectivity index (χ1v) is 9.34. The van der Waals surface area contributed by atoms with E-state index >= 15 is 0 Å². The third-order valence-corrected chi connectivity index (χ3v) is 7.12. The van der Waals surface area contributed by atoms with E-state index in [0.717, 1.165) is 23.9 Å². The van der Waals surface area contributed by atoms with Crippen molar-refractivity contribution < 1.29 is 0 Å². The first-order valence-electron chi connectivity index (χ1n) is 9.34. The largest absolute Gasteiger partial charge is 0.314 e. The lowest BCUT2D eigenvalue weighted by atomic mass is 9.67. The predicted octanol–water partition coefficient (Wildman–Crippen LogP) is 3.91. The molecule has 0 aromatic heterocycles. The summed E-state index contributed by atoms with van der Waals surface area (Å²) in [6, 6.07) is 1.53. The van der Waals surface area contributed by atoms with E-state index in [9.17, 15) is 0 Å². The average molecular weight is 293 g/mol. The van der Waals surface area contributed by atoms with Crippen LogP contribution < -0.4 is 5.32 Å². The Morgan fingerprint density at radius 1 is 1.19 bits per heavy atom. The molecule has 0 aromatic rings. The lowest BCUT2D eigenvalue weighted by molar-refractivity contribution is -0.00950. The van der Waals surface area contributed by atoms with E-state index in [2.05, 4.69) is 44.8 Å². The van der Waals surface area contributed by atoms with Crippen LogP contribution in [0.4, 0.5) is 0 Å². The third-order valence-electron chi connectivity index (χ3n) is 7.12. The molecule has 0 radical (unpaired) electrons. The van der Waals surface area contributed by atoms with E-state index in [4.69, 9.17) is 0 Å². The highest BCUT2D eigenvalue weighted by molar-refractivity contribution is 5.13. The highest BCUT2D eigenvalue weighted by atomic mass is 15.2. The zero-order valence-corrected chi connectivity index (χ0v) is 14.9. The van der Waals surface area contributed by atoms with Gasteiger partial charge in [0.05, 0.1) is 0 Å². The smallest absolute Gasteiger partial charge is 0.0203 e. The summed E-state index contributed by atoms with van der Waals surface area (Å²) in [5, 5.41) is 3.77. The molecule has 5 unspecified atom stereocenters. The van der Waals surface area contributed by atoms with Gasteiger partial charge in [0.15, 0.2) is 0 Å². The zero-order chi connectivity index (χ0) is 15.3. The van der Waals surface area contributed by atoms with Gasteiger partial charge in [-0.2, -0.15) is 0 Å². The summed E-state index contributed by atoms with van der Waals surface area (Å²) in [4.78, 5) is 2.91. The number of fused-ring (bicyclic) bond motifs is 2. The first kappa shape index (κ1) is 15.8. The van der Waals surface area contributed by atoms with Crippen molar-refractivity contribution in [2.45, 2.75) is 78.8 Å².